The van der Waals surface area contributed by atoms with Gasteiger partial charge in [-0.15, -0.1) is 0 Å². The number of pyridine rings is 1. The molecular formula is C52H38N4. The van der Waals surface area contributed by atoms with Gasteiger partial charge in [0.1, 0.15) is 0 Å². The van der Waals surface area contributed by atoms with Crippen LogP contribution in [0.5, 0.6) is 0 Å². The zero-order valence-corrected chi connectivity index (χ0v) is 30.9. The number of hydrogen-bond donors (Lipinski definition) is 0. The molecule has 7 aromatic rings. The average molecular weight is 719 g/mol. The van der Waals surface area contributed by atoms with E-state index >= 15 is 0 Å². The van der Waals surface area contributed by atoms with Crippen molar-refractivity contribution in [3.05, 3.63) is 198 Å². The van der Waals surface area contributed by atoms with E-state index in [-0.39, 0.29) is 0 Å². The molecule has 0 saturated heterocycles. The Morgan fingerprint density at radius 3 is 1.71 bits per heavy atom. The van der Waals surface area contributed by atoms with Crippen molar-refractivity contribution in [2.75, 3.05) is 9.80 Å². The van der Waals surface area contributed by atoms with Crippen LogP contribution in [0.1, 0.15) is 47.9 Å². The summed E-state index contributed by atoms with van der Waals surface area (Å²) in [4.78, 5) is 15.0. The van der Waals surface area contributed by atoms with Crippen molar-refractivity contribution in [1.82, 2.24) is 4.98 Å². The summed E-state index contributed by atoms with van der Waals surface area (Å²) in [5, 5.41) is 4.70. The molecule has 6 aromatic carbocycles. The maximum atomic E-state index is 5.10. The second kappa shape index (κ2) is 13.4. The number of aliphatic imine (C=N–C) groups is 1. The lowest BCUT2D eigenvalue weighted by molar-refractivity contribution is 0.907. The molecule has 0 bridgehead atoms. The zero-order valence-electron chi connectivity index (χ0n) is 30.9. The van der Waals surface area contributed by atoms with Crippen molar-refractivity contribution in [3.63, 3.8) is 0 Å². The summed E-state index contributed by atoms with van der Waals surface area (Å²) in [6.45, 7) is 0. The SMILES string of the molecule is C1=CN=C(c2c3cc(N4c5ccccc5C=Cc5ccccc54)ccc3c(-c3ccccn3)c3cc(N4C5=C(C=CCC5)C=Cc5ccccc54)ccc23)CC1. The third-order valence-corrected chi connectivity index (χ3v) is 11.6. The fraction of sp³-hybridized carbons (Fsp3) is 0.0769. The molecule has 1 aromatic heterocycles. The Kier molecular flexibility index (Phi) is 7.73. The molecule has 0 radical (unpaired) electrons. The van der Waals surface area contributed by atoms with Crippen LogP contribution < -0.4 is 9.80 Å². The molecule has 0 fully saturated rings. The van der Waals surface area contributed by atoms with E-state index in [4.69, 9.17) is 9.98 Å². The van der Waals surface area contributed by atoms with Crippen LogP contribution in [0, 0.1) is 0 Å². The van der Waals surface area contributed by atoms with Gasteiger partial charge in [-0.1, -0.05) is 115 Å². The lowest BCUT2D eigenvalue weighted by Crippen LogP contribution is -2.19. The second-order valence-corrected chi connectivity index (χ2v) is 14.8. The maximum Gasteiger partial charge on any atom is 0.0714 e. The normalized spacial score (nSPS) is 15.6. The van der Waals surface area contributed by atoms with E-state index in [2.05, 4.69) is 174 Å². The van der Waals surface area contributed by atoms with Gasteiger partial charge in [0.15, 0.2) is 0 Å². The molecule has 266 valence electrons. The molecule has 11 rings (SSSR count). The number of allylic oxidation sites excluding steroid dienone is 6. The van der Waals surface area contributed by atoms with Crippen molar-refractivity contribution in [3.8, 4) is 11.3 Å². The summed E-state index contributed by atoms with van der Waals surface area (Å²) in [5.74, 6) is 0. The first-order valence-electron chi connectivity index (χ1n) is 19.6. The van der Waals surface area contributed by atoms with Crippen LogP contribution in [-0.2, 0) is 0 Å². The Balaban J connectivity index is 1.22. The van der Waals surface area contributed by atoms with Gasteiger partial charge in [-0.25, -0.2) is 0 Å². The highest BCUT2D eigenvalue weighted by atomic mass is 15.2. The third-order valence-electron chi connectivity index (χ3n) is 11.6. The van der Waals surface area contributed by atoms with Gasteiger partial charge >= 0.3 is 0 Å². The smallest absolute Gasteiger partial charge is 0.0714 e. The van der Waals surface area contributed by atoms with E-state index in [0.717, 1.165) is 70.8 Å². The third kappa shape index (κ3) is 5.29. The van der Waals surface area contributed by atoms with Gasteiger partial charge < -0.3 is 9.80 Å². The summed E-state index contributed by atoms with van der Waals surface area (Å²) in [6.07, 6.45) is 23.5. The first-order valence-corrected chi connectivity index (χ1v) is 19.6. The van der Waals surface area contributed by atoms with Gasteiger partial charge in [0.25, 0.3) is 0 Å². The molecule has 0 saturated carbocycles. The highest BCUT2D eigenvalue weighted by Gasteiger charge is 2.27. The molecule has 0 unspecified atom stereocenters. The Morgan fingerprint density at radius 1 is 0.464 bits per heavy atom. The molecule has 0 N–H and O–H groups in total. The van der Waals surface area contributed by atoms with Crippen LogP contribution in [0.4, 0.5) is 28.4 Å². The Labute approximate surface area is 327 Å². The van der Waals surface area contributed by atoms with Crippen LogP contribution in [0.25, 0.3) is 51.0 Å². The second-order valence-electron chi connectivity index (χ2n) is 14.8. The van der Waals surface area contributed by atoms with Crippen LogP contribution in [-0.4, -0.2) is 10.7 Å². The Bertz CT molecular complexity index is 2870. The van der Waals surface area contributed by atoms with Crippen molar-refractivity contribution >= 4 is 73.9 Å². The Hall–Kier alpha value is -7.04. The number of para-hydroxylation sites is 3. The number of hydrogen-bond acceptors (Lipinski definition) is 4. The fourth-order valence-electron chi connectivity index (χ4n) is 9.04. The first kappa shape index (κ1) is 32.4. The molecule has 4 heterocycles. The maximum absolute atomic E-state index is 5.10. The molecule has 56 heavy (non-hydrogen) atoms. The van der Waals surface area contributed by atoms with Gasteiger partial charge in [0, 0.05) is 46.3 Å². The van der Waals surface area contributed by atoms with Gasteiger partial charge in [0.05, 0.1) is 22.8 Å². The molecule has 0 atom stereocenters. The topological polar surface area (TPSA) is 31.7 Å². The van der Waals surface area contributed by atoms with Gasteiger partial charge in [-0.3, -0.25) is 9.98 Å². The van der Waals surface area contributed by atoms with E-state index in [1.165, 1.54) is 55.4 Å². The van der Waals surface area contributed by atoms with E-state index in [1.54, 1.807) is 0 Å². The minimum atomic E-state index is 0.878. The monoisotopic (exact) mass is 718 g/mol. The largest absolute Gasteiger partial charge is 0.313 e. The average Bonchev–Trinajstić information content (AvgIpc) is 3.54. The van der Waals surface area contributed by atoms with Gasteiger partial charge in [0.2, 0.25) is 0 Å². The summed E-state index contributed by atoms with van der Waals surface area (Å²) < 4.78 is 0. The summed E-state index contributed by atoms with van der Waals surface area (Å²) in [5.41, 5.74) is 16.3. The van der Waals surface area contributed by atoms with Crippen molar-refractivity contribution < 1.29 is 0 Å². The minimum absolute atomic E-state index is 0.878. The first-order chi connectivity index (χ1) is 27.8. The minimum Gasteiger partial charge on any atom is -0.313 e. The predicted octanol–water partition coefficient (Wildman–Crippen LogP) is 13.9. The summed E-state index contributed by atoms with van der Waals surface area (Å²) >= 11 is 0. The highest BCUT2D eigenvalue weighted by Crippen LogP contribution is 2.48. The van der Waals surface area contributed by atoms with E-state index < -0.39 is 0 Å². The number of fused-ring (bicyclic) bond motifs is 5. The zero-order chi connectivity index (χ0) is 37.0. The molecule has 4 aliphatic rings. The quantitative estimate of drug-likeness (QED) is 0.170. The van der Waals surface area contributed by atoms with E-state index in [0.29, 0.717) is 0 Å². The number of benzene rings is 6. The lowest BCUT2D eigenvalue weighted by atomic mass is 9.86. The molecular weight excluding hydrogens is 681 g/mol. The van der Waals surface area contributed by atoms with Crippen LogP contribution >= 0.6 is 0 Å². The van der Waals surface area contributed by atoms with Gasteiger partial charge in [-0.05, 0) is 124 Å². The van der Waals surface area contributed by atoms with Gasteiger partial charge in [-0.2, -0.15) is 0 Å². The van der Waals surface area contributed by atoms with E-state index in [1.807, 2.05) is 18.5 Å². The Morgan fingerprint density at radius 2 is 1.05 bits per heavy atom. The molecule has 0 amide bonds. The summed E-state index contributed by atoms with van der Waals surface area (Å²) in [6, 6.07) is 46.5. The summed E-state index contributed by atoms with van der Waals surface area (Å²) in [7, 11) is 0. The molecule has 4 heteroatoms. The van der Waals surface area contributed by atoms with Crippen LogP contribution in [0.15, 0.2) is 180 Å². The molecule has 3 aliphatic heterocycles. The standard InChI is InChI=1S/C52H38N4/c1-5-19-47-35(13-1)23-24-36-14-2-6-20-48(36)55(47)39-27-29-41-43(33-39)51(45-17-9-11-31-53-45)42-30-28-40(34-44(42)52(41)46-18-10-12-32-54-46)56-49-21-7-3-15-37(49)25-26-38-16-4-8-22-50(38)56/h1-7,10-16,18-21,23-34H,8-9,17,22H2. The van der Waals surface area contributed by atoms with Crippen LogP contribution in [0.2, 0.25) is 0 Å². The molecule has 4 nitrogen and oxygen atoms in total. The lowest BCUT2D eigenvalue weighted by Gasteiger charge is -2.31. The van der Waals surface area contributed by atoms with E-state index in [9.17, 15) is 0 Å². The predicted molar refractivity (Wildman–Crippen MR) is 236 cm³/mol. The fourth-order valence-corrected chi connectivity index (χ4v) is 9.04. The number of aromatic nitrogens is 1. The molecule has 0 spiro atoms. The highest BCUT2D eigenvalue weighted by molar-refractivity contribution is 6.27. The van der Waals surface area contributed by atoms with Crippen molar-refractivity contribution in [2.24, 2.45) is 4.99 Å². The number of rotatable bonds is 4. The van der Waals surface area contributed by atoms with Crippen molar-refractivity contribution in [1.29, 1.82) is 0 Å². The van der Waals surface area contributed by atoms with Crippen LogP contribution in [0.3, 0.4) is 0 Å². The molecule has 1 aliphatic carbocycles. The number of anilines is 5. The van der Waals surface area contributed by atoms with Crippen molar-refractivity contribution in [2.45, 2.75) is 25.7 Å². The number of nitrogens with zero attached hydrogens (tertiary/aromatic N) is 4.